The van der Waals surface area contributed by atoms with Gasteiger partial charge in [-0.2, -0.15) is 0 Å². The fourth-order valence-corrected chi connectivity index (χ4v) is 6.14. The molecule has 3 aliphatic heterocycles. The Kier molecular flexibility index (Phi) is 3.52. The zero-order chi connectivity index (χ0) is 17.2. The van der Waals surface area contributed by atoms with E-state index in [9.17, 15) is 4.79 Å². The maximum absolute atomic E-state index is 12.9. The van der Waals surface area contributed by atoms with Crippen LogP contribution in [0.3, 0.4) is 0 Å². The first kappa shape index (κ1) is 15.8. The second-order valence-corrected chi connectivity index (χ2v) is 9.72. The van der Waals surface area contributed by atoms with Crippen LogP contribution in [0, 0.1) is 5.92 Å². The lowest BCUT2D eigenvalue weighted by Gasteiger charge is -2.56. The lowest BCUT2D eigenvalue weighted by atomic mass is 9.72. The zero-order valence-corrected chi connectivity index (χ0v) is 15.9. The maximum Gasteiger partial charge on any atom is 0.251 e. The molecule has 2 bridgehead atoms. The van der Waals surface area contributed by atoms with Gasteiger partial charge in [0, 0.05) is 26.7 Å². The molecule has 132 valence electrons. The number of carbonyl (C=O) groups excluding carboxylic acids is 1. The van der Waals surface area contributed by atoms with E-state index in [2.05, 4.69) is 42.3 Å². The molecule has 0 radical (unpaired) electrons. The first-order valence-electron chi connectivity index (χ1n) is 9.62. The molecule has 1 aromatic heterocycles. The average Bonchev–Trinajstić information content (AvgIpc) is 3.37. The van der Waals surface area contributed by atoms with Crippen molar-refractivity contribution >= 4 is 27.3 Å². The van der Waals surface area contributed by atoms with Crippen LogP contribution in [0.2, 0.25) is 0 Å². The van der Waals surface area contributed by atoms with Gasteiger partial charge in [0.2, 0.25) is 0 Å². The lowest BCUT2D eigenvalue weighted by molar-refractivity contribution is -0.0378. The van der Waals surface area contributed by atoms with Crippen molar-refractivity contribution in [3.8, 4) is 0 Å². The second kappa shape index (κ2) is 5.55. The van der Waals surface area contributed by atoms with Crippen LogP contribution >= 0.6 is 11.3 Å². The highest BCUT2D eigenvalue weighted by Gasteiger charge is 2.48. The fourth-order valence-electron chi connectivity index (χ4n) is 4.86. The summed E-state index contributed by atoms with van der Waals surface area (Å²) in [5.74, 6) is 1.49. The number of benzene rings is 1. The van der Waals surface area contributed by atoms with Crippen molar-refractivity contribution in [1.82, 2.24) is 10.2 Å². The number of hydrogen-bond donors (Lipinski definition) is 1. The molecule has 25 heavy (non-hydrogen) atoms. The Bertz CT molecular complexity index is 828. The summed E-state index contributed by atoms with van der Waals surface area (Å²) in [4.78, 5) is 17.0. The summed E-state index contributed by atoms with van der Waals surface area (Å²) in [6, 6.07) is 8.78. The second-order valence-electron chi connectivity index (χ2n) is 8.60. The molecule has 0 spiro atoms. The van der Waals surface area contributed by atoms with E-state index >= 15 is 0 Å². The summed E-state index contributed by atoms with van der Waals surface area (Å²) >= 11 is 1.87. The molecule has 1 N–H and O–H groups in total. The first-order chi connectivity index (χ1) is 12.0. The molecule has 3 saturated heterocycles. The minimum atomic E-state index is 0.0585. The summed E-state index contributed by atoms with van der Waals surface area (Å²) < 4.78 is 1.25. The number of rotatable bonds is 3. The van der Waals surface area contributed by atoms with Crippen LogP contribution in [0.15, 0.2) is 24.3 Å². The SMILES string of the molecule is CC1(C)[C@H](NC(=O)c2ccc3cc(C4CC4)sc3c2)C2CCN1CC2. The molecule has 1 aliphatic carbocycles. The quantitative estimate of drug-likeness (QED) is 0.887. The lowest BCUT2D eigenvalue weighted by Crippen LogP contribution is -2.69. The van der Waals surface area contributed by atoms with Crippen molar-refractivity contribution in [2.45, 2.75) is 57.0 Å². The number of fused-ring (bicyclic) bond motifs is 4. The van der Waals surface area contributed by atoms with Gasteiger partial charge >= 0.3 is 0 Å². The van der Waals surface area contributed by atoms with E-state index in [4.69, 9.17) is 0 Å². The van der Waals surface area contributed by atoms with Gasteiger partial charge in [0.25, 0.3) is 5.91 Å². The Morgan fingerprint density at radius 3 is 2.60 bits per heavy atom. The summed E-state index contributed by atoms with van der Waals surface area (Å²) in [6.07, 6.45) is 5.08. The van der Waals surface area contributed by atoms with Crippen LogP contribution in [0.5, 0.6) is 0 Å². The molecule has 1 amide bonds. The van der Waals surface area contributed by atoms with Crippen LogP contribution in [0.1, 0.15) is 60.7 Å². The van der Waals surface area contributed by atoms with E-state index in [0.29, 0.717) is 5.92 Å². The van der Waals surface area contributed by atoms with Crippen LogP contribution in [0.4, 0.5) is 0 Å². The molecule has 1 atom stereocenters. The van der Waals surface area contributed by atoms with Crippen LogP contribution in [-0.2, 0) is 0 Å². The molecule has 1 aromatic carbocycles. The molecular formula is C21H26N2OS. The Morgan fingerprint density at radius 2 is 1.92 bits per heavy atom. The van der Waals surface area contributed by atoms with Crippen LogP contribution < -0.4 is 5.32 Å². The summed E-state index contributed by atoms with van der Waals surface area (Å²) in [5.41, 5.74) is 0.868. The molecule has 4 heterocycles. The van der Waals surface area contributed by atoms with E-state index in [0.717, 1.165) is 11.5 Å². The summed E-state index contributed by atoms with van der Waals surface area (Å²) in [7, 11) is 0. The molecule has 4 heteroatoms. The minimum Gasteiger partial charge on any atom is -0.347 e. The summed E-state index contributed by atoms with van der Waals surface area (Å²) in [5, 5.41) is 4.67. The average molecular weight is 355 g/mol. The monoisotopic (exact) mass is 354 g/mol. The van der Waals surface area contributed by atoms with Gasteiger partial charge in [0.1, 0.15) is 0 Å². The molecular weight excluding hydrogens is 328 g/mol. The van der Waals surface area contributed by atoms with Crippen molar-refractivity contribution in [1.29, 1.82) is 0 Å². The van der Waals surface area contributed by atoms with E-state index < -0.39 is 0 Å². The third-order valence-corrected chi connectivity index (χ3v) is 7.92. The van der Waals surface area contributed by atoms with Gasteiger partial charge in [-0.1, -0.05) is 6.07 Å². The van der Waals surface area contributed by atoms with Crippen molar-refractivity contribution in [2.24, 2.45) is 5.92 Å². The zero-order valence-electron chi connectivity index (χ0n) is 15.0. The van der Waals surface area contributed by atoms with Gasteiger partial charge in [-0.3, -0.25) is 9.69 Å². The number of carbonyl (C=O) groups is 1. The van der Waals surface area contributed by atoms with Gasteiger partial charge in [-0.25, -0.2) is 0 Å². The smallest absolute Gasteiger partial charge is 0.251 e. The highest BCUT2D eigenvalue weighted by Crippen LogP contribution is 2.45. The number of amides is 1. The molecule has 4 fully saturated rings. The molecule has 4 aliphatic rings. The summed E-state index contributed by atoms with van der Waals surface area (Å²) in [6.45, 7) is 6.92. The number of piperidine rings is 3. The minimum absolute atomic E-state index is 0.0585. The highest BCUT2D eigenvalue weighted by atomic mass is 32.1. The molecule has 6 rings (SSSR count). The molecule has 2 aromatic rings. The first-order valence-corrected chi connectivity index (χ1v) is 10.4. The topological polar surface area (TPSA) is 32.3 Å². The van der Waals surface area contributed by atoms with E-state index in [1.54, 1.807) is 0 Å². The van der Waals surface area contributed by atoms with E-state index in [1.165, 1.54) is 53.7 Å². The maximum atomic E-state index is 12.9. The molecule has 3 nitrogen and oxygen atoms in total. The van der Waals surface area contributed by atoms with Gasteiger partial charge in [-0.05, 0) is 88.0 Å². The number of thiophene rings is 1. The van der Waals surface area contributed by atoms with Gasteiger partial charge < -0.3 is 5.32 Å². The molecule has 1 saturated carbocycles. The Hall–Kier alpha value is -1.39. The standard InChI is InChI=1S/C21H26N2OS/c1-21(2)19(14-7-9-23(21)10-8-14)22-20(24)16-6-5-15-11-17(13-3-4-13)25-18(15)12-16/h5-6,11-14,19H,3-4,7-10H2,1-2H3,(H,22,24)/t19-/m1/s1. The Labute approximate surface area is 153 Å². The largest absolute Gasteiger partial charge is 0.347 e. The molecule has 0 unspecified atom stereocenters. The van der Waals surface area contributed by atoms with Crippen LogP contribution in [0.25, 0.3) is 10.1 Å². The number of nitrogens with one attached hydrogen (secondary N) is 1. The predicted molar refractivity (Wildman–Crippen MR) is 103 cm³/mol. The fraction of sp³-hybridized carbons (Fsp3) is 0.571. The predicted octanol–water partition coefficient (Wildman–Crippen LogP) is 4.38. The van der Waals surface area contributed by atoms with Gasteiger partial charge in [-0.15, -0.1) is 11.3 Å². The van der Waals surface area contributed by atoms with Crippen LogP contribution in [-0.4, -0.2) is 35.5 Å². The van der Waals surface area contributed by atoms with Gasteiger partial charge in [0.05, 0.1) is 0 Å². The van der Waals surface area contributed by atoms with Crippen molar-refractivity contribution in [2.75, 3.05) is 13.1 Å². The Morgan fingerprint density at radius 1 is 1.16 bits per heavy atom. The van der Waals surface area contributed by atoms with Crippen molar-refractivity contribution in [3.05, 3.63) is 34.7 Å². The third kappa shape index (κ3) is 2.61. The van der Waals surface area contributed by atoms with E-state index in [-0.39, 0.29) is 17.5 Å². The van der Waals surface area contributed by atoms with Crippen molar-refractivity contribution < 1.29 is 4.79 Å². The van der Waals surface area contributed by atoms with Gasteiger partial charge in [0.15, 0.2) is 0 Å². The van der Waals surface area contributed by atoms with E-state index in [1.807, 2.05) is 17.4 Å². The number of hydrogen-bond acceptors (Lipinski definition) is 3. The Balaban J connectivity index is 1.39. The highest BCUT2D eigenvalue weighted by molar-refractivity contribution is 7.19. The normalized spacial score (nSPS) is 30.6. The third-order valence-electron chi connectivity index (χ3n) is 6.65. The van der Waals surface area contributed by atoms with Crippen molar-refractivity contribution in [3.63, 3.8) is 0 Å². The number of nitrogens with zero attached hydrogens (tertiary/aromatic N) is 1.